The van der Waals surface area contributed by atoms with Gasteiger partial charge in [0.2, 0.25) is 5.91 Å². The SMILES string of the molecule is CNC(=O)C1Cn2ccnc2C2(CCN(C(=O)CC3CCCC3)CC2)O1.O=C(O)C(F)(F)F. The number of fused-ring (bicyclic) bond motifs is 2. The van der Waals surface area contributed by atoms with Gasteiger partial charge in [-0.1, -0.05) is 12.8 Å². The molecule has 1 unspecified atom stereocenters. The number of carboxylic acid groups (broad SMARTS) is 1. The smallest absolute Gasteiger partial charge is 0.475 e. The number of hydrogen-bond acceptors (Lipinski definition) is 5. The number of carbonyl (C=O) groups excluding carboxylic acids is 2. The zero-order valence-electron chi connectivity index (χ0n) is 18.4. The summed E-state index contributed by atoms with van der Waals surface area (Å²) in [7, 11) is 1.63. The minimum absolute atomic E-state index is 0.108. The van der Waals surface area contributed by atoms with Gasteiger partial charge in [-0.15, -0.1) is 0 Å². The number of nitrogens with one attached hydrogen (secondary N) is 1. The molecule has 33 heavy (non-hydrogen) atoms. The van der Waals surface area contributed by atoms with Crippen LogP contribution in [0.1, 0.15) is 50.8 Å². The van der Waals surface area contributed by atoms with E-state index in [1.54, 1.807) is 13.2 Å². The fourth-order valence-electron chi connectivity index (χ4n) is 4.74. The molecule has 2 N–H and O–H groups in total. The molecular weight excluding hydrogens is 445 g/mol. The van der Waals surface area contributed by atoms with Crippen molar-refractivity contribution >= 4 is 17.8 Å². The minimum Gasteiger partial charge on any atom is -0.475 e. The molecule has 1 aromatic heterocycles. The molecule has 2 fully saturated rings. The third kappa shape index (κ3) is 5.84. The largest absolute Gasteiger partial charge is 0.490 e. The Morgan fingerprint density at radius 1 is 1.24 bits per heavy atom. The van der Waals surface area contributed by atoms with Crippen LogP contribution in [-0.4, -0.2) is 69.8 Å². The van der Waals surface area contributed by atoms with Crippen molar-refractivity contribution in [2.45, 2.75) is 69.4 Å². The molecule has 2 amide bonds. The third-order valence-corrected chi connectivity index (χ3v) is 6.50. The van der Waals surface area contributed by atoms with Crippen molar-refractivity contribution in [2.75, 3.05) is 20.1 Å². The lowest BCUT2D eigenvalue weighted by Gasteiger charge is -2.45. The Balaban J connectivity index is 0.000000383. The Bertz CT molecular complexity index is 858. The fraction of sp³-hybridized carbons (Fsp3) is 0.714. The second kappa shape index (κ2) is 10.1. The maximum Gasteiger partial charge on any atom is 0.490 e. The highest BCUT2D eigenvalue weighted by Crippen LogP contribution is 2.40. The first-order valence-corrected chi connectivity index (χ1v) is 11.0. The lowest BCUT2D eigenvalue weighted by Crippen LogP contribution is -2.54. The number of aromatic nitrogens is 2. The van der Waals surface area contributed by atoms with Crippen molar-refractivity contribution in [2.24, 2.45) is 5.92 Å². The van der Waals surface area contributed by atoms with Crippen molar-refractivity contribution in [1.82, 2.24) is 19.8 Å². The van der Waals surface area contributed by atoms with E-state index in [0.717, 1.165) is 5.82 Å². The zero-order chi connectivity index (χ0) is 24.2. The Morgan fingerprint density at radius 2 is 1.85 bits per heavy atom. The topological polar surface area (TPSA) is 114 Å². The highest BCUT2D eigenvalue weighted by molar-refractivity contribution is 5.80. The first-order chi connectivity index (χ1) is 15.6. The van der Waals surface area contributed by atoms with Gasteiger partial charge in [0.25, 0.3) is 5.91 Å². The molecular formula is C21H29F3N4O5. The molecule has 1 aromatic rings. The number of likely N-dealkylation sites (tertiary alicyclic amines) is 1. The summed E-state index contributed by atoms with van der Waals surface area (Å²) in [5, 5.41) is 9.81. The standard InChI is InChI=1S/C19H28N4O3.C2HF3O2/c1-20-17(25)15-13-23-11-8-21-18(23)19(26-15)6-9-22(10-7-19)16(24)12-14-4-2-3-5-14;3-2(4,5)1(6)7/h8,11,14-15H,2-7,9-10,12-13H2,1H3,(H,20,25);(H,6,7). The molecule has 12 heteroatoms. The summed E-state index contributed by atoms with van der Waals surface area (Å²) in [6, 6.07) is 0. The van der Waals surface area contributed by atoms with Crippen LogP contribution in [0.4, 0.5) is 13.2 Å². The second-order valence-electron chi connectivity index (χ2n) is 8.66. The van der Waals surface area contributed by atoms with E-state index in [-0.39, 0.29) is 11.8 Å². The van der Waals surface area contributed by atoms with Crippen LogP contribution >= 0.6 is 0 Å². The van der Waals surface area contributed by atoms with Gasteiger partial charge in [0.05, 0.1) is 6.54 Å². The molecule has 1 spiro atoms. The van der Waals surface area contributed by atoms with Crippen LogP contribution in [0.25, 0.3) is 0 Å². The molecule has 0 bridgehead atoms. The number of rotatable bonds is 3. The van der Waals surface area contributed by atoms with Gasteiger partial charge in [0.15, 0.2) is 6.10 Å². The normalized spacial score (nSPS) is 22.3. The molecule has 3 heterocycles. The summed E-state index contributed by atoms with van der Waals surface area (Å²) in [6.07, 6.45) is 5.05. The molecule has 1 saturated heterocycles. The summed E-state index contributed by atoms with van der Waals surface area (Å²) in [5.41, 5.74) is -0.566. The number of carbonyl (C=O) groups is 3. The number of ether oxygens (including phenoxy) is 1. The fourth-order valence-corrected chi connectivity index (χ4v) is 4.74. The van der Waals surface area contributed by atoms with Gasteiger partial charge in [-0.05, 0) is 18.8 Å². The number of carboxylic acids is 1. The molecule has 1 atom stereocenters. The number of piperidine rings is 1. The summed E-state index contributed by atoms with van der Waals surface area (Å²) >= 11 is 0. The lowest BCUT2D eigenvalue weighted by molar-refractivity contribution is -0.192. The number of hydrogen-bond donors (Lipinski definition) is 2. The van der Waals surface area contributed by atoms with Crippen LogP contribution in [0.5, 0.6) is 0 Å². The summed E-state index contributed by atoms with van der Waals surface area (Å²) in [4.78, 5) is 40.2. The number of aliphatic carboxylic acids is 1. The van der Waals surface area contributed by atoms with E-state index in [1.165, 1.54) is 25.7 Å². The zero-order valence-corrected chi connectivity index (χ0v) is 18.4. The van der Waals surface area contributed by atoms with Crippen molar-refractivity contribution < 1.29 is 37.4 Å². The van der Waals surface area contributed by atoms with Crippen LogP contribution in [0.2, 0.25) is 0 Å². The van der Waals surface area contributed by atoms with E-state index >= 15 is 0 Å². The molecule has 1 saturated carbocycles. The first-order valence-electron chi connectivity index (χ1n) is 11.0. The van der Waals surface area contributed by atoms with E-state index in [4.69, 9.17) is 14.6 Å². The van der Waals surface area contributed by atoms with Gasteiger partial charge in [0.1, 0.15) is 11.4 Å². The molecule has 184 valence electrons. The number of alkyl halides is 3. The van der Waals surface area contributed by atoms with E-state index in [9.17, 15) is 22.8 Å². The molecule has 2 aliphatic heterocycles. The monoisotopic (exact) mass is 474 g/mol. The highest BCUT2D eigenvalue weighted by Gasteiger charge is 2.47. The predicted molar refractivity (Wildman–Crippen MR) is 109 cm³/mol. The van der Waals surface area contributed by atoms with Gasteiger partial charge < -0.3 is 24.6 Å². The third-order valence-electron chi connectivity index (χ3n) is 6.50. The summed E-state index contributed by atoms with van der Waals surface area (Å²) < 4.78 is 40.0. The van der Waals surface area contributed by atoms with Crippen LogP contribution in [0, 0.1) is 5.92 Å². The van der Waals surface area contributed by atoms with Crippen molar-refractivity contribution in [3.8, 4) is 0 Å². The average molecular weight is 474 g/mol. The number of halogens is 3. The molecule has 4 rings (SSSR count). The van der Waals surface area contributed by atoms with Crippen LogP contribution < -0.4 is 5.32 Å². The Kier molecular flexibility index (Phi) is 7.65. The summed E-state index contributed by atoms with van der Waals surface area (Å²) in [6.45, 7) is 1.82. The minimum atomic E-state index is -5.08. The summed E-state index contributed by atoms with van der Waals surface area (Å²) in [5.74, 6) is -1.13. The van der Waals surface area contributed by atoms with E-state index in [1.807, 2.05) is 15.7 Å². The predicted octanol–water partition coefficient (Wildman–Crippen LogP) is 2.06. The average Bonchev–Trinajstić information content (AvgIpc) is 3.45. The van der Waals surface area contributed by atoms with Crippen molar-refractivity contribution in [3.63, 3.8) is 0 Å². The maximum absolute atomic E-state index is 12.6. The Hall–Kier alpha value is -2.63. The molecule has 1 aliphatic carbocycles. The van der Waals surface area contributed by atoms with Gasteiger partial charge in [-0.3, -0.25) is 9.59 Å². The van der Waals surface area contributed by atoms with E-state index < -0.39 is 23.9 Å². The van der Waals surface area contributed by atoms with Gasteiger partial charge >= 0.3 is 12.1 Å². The van der Waals surface area contributed by atoms with Crippen molar-refractivity contribution in [3.05, 3.63) is 18.2 Å². The lowest BCUT2D eigenvalue weighted by atomic mass is 9.88. The Labute approximate surface area is 189 Å². The number of nitrogens with zero attached hydrogens (tertiary/aromatic N) is 3. The Morgan fingerprint density at radius 3 is 2.39 bits per heavy atom. The van der Waals surface area contributed by atoms with Crippen LogP contribution in [0.15, 0.2) is 12.4 Å². The molecule has 0 aromatic carbocycles. The second-order valence-corrected chi connectivity index (χ2v) is 8.66. The van der Waals surface area contributed by atoms with Gasteiger partial charge in [-0.25, -0.2) is 9.78 Å². The van der Waals surface area contributed by atoms with Gasteiger partial charge in [0, 0.05) is 51.8 Å². The highest BCUT2D eigenvalue weighted by atomic mass is 19.4. The molecule has 0 radical (unpaired) electrons. The van der Waals surface area contributed by atoms with Crippen LogP contribution in [0.3, 0.4) is 0 Å². The van der Waals surface area contributed by atoms with Gasteiger partial charge in [-0.2, -0.15) is 13.2 Å². The number of likely N-dealkylation sites (N-methyl/N-ethyl adjacent to an activating group) is 1. The molecule has 9 nitrogen and oxygen atoms in total. The maximum atomic E-state index is 12.6. The molecule has 3 aliphatic rings. The van der Waals surface area contributed by atoms with Crippen LogP contribution in [-0.2, 0) is 31.3 Å². The van der Waals surface area contributed by atoms with Crippen molar-refractivity contribution in [1.29, 1.82) is 0 Å². The van der Waals surface area contributed by atoms with E-state index in [2.05, 4.69) is 10.3 Å². The number of amides is 2. The first kappa shape index (κ1) is 25.0. The quantitative estimate of drug-likeness (QED) is 0.693. The van der Waals surface area contributed by atoms with E-state index in [0.29, 0.717) is 44.8 Å². The number of imidazole rings is 1.